The molecule has 10 nitrogen and oxygen atoms in total. The van der Waals surface area contributed by atoms with Crippen molar-refractivity contribution in [2.75, 3.05) is 20.2 Å². The van der Waals surface area contributed by atoms with Crippen molar-refractivity contribution in [3.63, 3.8) is 0 Å². The van der Waals surface area contributed by atoms with Gasteiger partial charge in [-0.3, -0.25) is 9.78 Å². The van der Waals surface area contributed by atoms with Gasteiger partial charge in [0.2, 0.25) is 5.91 Å². The molecule has 1 heterocycles. The zero-order chi connectivity index (χ0) is 35.3. The number of benzene rings is 2. The summed E-state index contributed by atoms with van der Waals surface area (Å²) < 4.78 is 6.24. The minimum atomic E-state index is -1.74. The Hall–Kier alpha value is -2.80. The summed E-state index contributed by atoms with van der Waals surface area (Å²) in [6.45, 7) is 1.55. The highest BCUT2D eigenvalue weighted by atomic mass is 35.5. The molecule has 2 aromatic carbocycles. The Morgan fingerprint density at radius 3 is 2.45 bits per heavy atom. The molecule has 6 N–H and O–H groups in total. The number of aliphatic hydroxyl groups excluding tert-OH is 5. The van der Waals surface area contributed by atoms with Crippen LogP contribution in [0.2, 0.25) is 10.0 Å². The molecule has 5 atom stereocenters. The van der Waals surface area contributed by atoms with Gasteiger partial charge < -0.3 is 40.5 Å². The lowest BCUT2D eigenvalue weighted by atomic mass is 9.93. The number of pyridine rings is 1. The standard InChI is InChI=1S/C37H47Cl2N3O7/c1-22(6-5-9-34(46)42(2)20-31(44)35(47)36(48)32(45)21-43)27-17-29(38)23(16-30(27)39)18-41-37(13-14-37)28-19-40-15-12-25(28)26-7-3-4-8-33(26)49-24-10-11-24/h3-4,7-8,12,15-17,19,22,24,31-32,35-36,41,43-45,47-48H,5-6,9-11,13-14,18,20-21H2,1-2H3. The number of rotatable bonds is 18. The van der Waals surface area contributed by atoms with Crippen LogP contribution in [0.25, 0.3) is 11.1 Å². The van der Waals surface area contributed by atoms with Crippen LogP contribution < -0.4 is 10.1 Å². The van der Waals surface area contributed by atoms with Gasteiger partial charge in [0.05, 0.1) is 12.7 Å². The van der Waals surface area contributed by atoms with Gasteiger partial charge in [-0.15, -0.1) is 0 Å². The smallest absolute Gasteiger partial charge is 0.222 e. The minimum absolute atomic E-state index is 0.0262. The maximum atomic E-state index is 12.7. The van der Waals surface area contributed by atoms with Crippen LogP contribution in [0.15, 0.2) is 54.9 Å². The Bertz CT molecular complexity index is 1590. The van der Waals surface area contributed by atoms with Crippen molar-refractivity contribution in [1.29, 1.82) is 0 Å². The van der Waals surface area contributed by atoms with Crippen molar-refractivity contribution in [1.82, 2.24) is 15.2 Å². The van der Waals surface area contributed by atoms with Gasteiger partial charge in [-0.05, 0) is 91.0 Å². The maximum absolute atomic E-state index is 12.7. The number of aromatic nitrogens is 1. The van der Waals surface area contributed by atoms with Crippen molar-refractivity contribution >= 4 is 29.1 Å². The highest BCUT2D eigenvalue weighted by molar-refractivity contribution is 6.34. The molecule has 49 heavy (non-hydrogen) atoms. The topological polar surface area (TPSA) is 156 Å². The van der Waals surface area contributed by atoms with E-state index in [0.717, 1.165) is 59.3 Å². The lowest BCUT2D eigenvalue weighted by molar-refractivity contribution is -0.138. The van der Waals surface area contributed by atoms with Crippen LogP contribution in [0.3, 0.4) is 0 Å². The summed E-state index contributed by atoms with van der Waals surface area (Å²) in [7, 11) is 1.49. The van der Waals surface area contributed by atoms with E-state index in [1.54, 1.807) is 0 Å². The monoisotopic (exact) mass is 715 g/mol. The van der Waals surface area contributed by atoms with Gasteiger partial charge in [0.15, 0.2) is 0 Å². The molecule has 1 amide bonds. The molecular weight excluding hydrogens is 669 g/mol. The number of para-hydroxylation sites is 1. The van der Waals surface area contributed by atoms with Crippen molar-refractivity contribution in [3.8, 4) is 16.9 Å². The quantitative estimate of drug-likeness (QED) is 0.111. The molecule has 5 rings (SSSR count). The largest absolute Gasteiger partial charge is 0.490 e. The third kappa shape index (κ3) is 9.31. The van der Waals surface area contributed by atoms with Crippen molar-refractivity contribution in [2.24, 2.45) is 0 Å². The lowest BCUT2D eigenvalue weighted by Crippen LogP contribution is -2.49. The number of hydrogen-bond acceptors (Lipinski definition) is 9. The number of carbonyl (C=O) groups excluding carboxylic acids is 1. The highest BCUT2D eigenvalue weighted by Crippen LogP contribution is 2.50. The Labute approximate surface area is 297 Å². The Morgan fingerprint density at radius 2 is 1.76 bits per heavy atom. The normalized spacial score (nSPS) is 18.3. The van der Waals surface area contributed by atoms with Gasteiger partial charge in [-0.25, -0.2) is 0 Å². The van der Waals surface area contributed by atoms with Gasteiger partial charge in [-0.2, -0.15) is 0 Å². The van der Waals surface area contributed by atoms with E-state index >= 15 is 0 Å². The van der Waals surface area contributed by atoms with Gasteiger partial charge in [0.1, 0.15) is 30.2 Å². The molecule has 0 bridgehead atoms. The first-order valence-corrected chi connectivity index (χ1v) is 17.7. The van der Waals surface area contributed by atoms with Crippen molar-refractivity contribution < 1.29 is 35.1 Å². The molecule has 12 heteroatoms. The second kappa shape index (κ2) is 16.5. The van der Waals surface area contributed by atoms with Gasteiger partial charge >= 0.3 is 0 Å². The van der Waals surface area contributed by atoms with E-state index in [9.17, 15) is 25.2 Å². The van der Waals surface area contributed by atoms with Crippen LogP contribution in [-0.2, 0) is 16.9 Å². The molecule has 0 radical (unpaired) electrons. The molecule has 1 aromatic heterocycles. The summed E-state index contributed by atoms with van der Waals surface area (Å²) in [6, 6.07) is 14.1. The van der Waals surface area contributed by atoms with E-state index < -0.39 is 31.0 Å². The predicted octanol–water partition coefficient (Wildman–Crippen LogP) is 4.54. The number of nitrogens with zero attached hydrogens (tertiary/aromatic N) is 2. The van der Waals surface area contributed by atoms with Crippen LogP contribution >= 0.6 is 23.2 Å². The molecule has 0 saturated heterocycles. The lowest BCUT2D eigenvalue weighted by Gasteiger charge is -2.28. The van der Waals surface area contributed by atoms with Gasteiger partial charge in [0.25, 0.3) is 0 Å². The van der Waals surface area contributed by atoms with Crippen molar-refractivity contribution in [2.45, 2.75) is 100 Å². The third-order valence-electron chi connectivity index (χ3n) is 9.64. The van der Waals surface area contributed by atoms with Crippen molar-refractivity contribution in [3.05, 3.63) is 81.6 Å². The van der Waals surface area contributed by atoms with E-state index in [1.807, 2.05) is 49.6 Å². The molecule has 2 saturated carbocycles. The fraction of sp³-hybridized carbons (Fsp3) is 0.514. The summed E-state index contributed by atoms with van der Waals surface area (Å²) >= 11 is 13.6. The molecule has 2 aliphatic rings. The molecule has 3 aromatic rings. The molecule has 266 valence electrons. The average molecular weight is 717 g/mol. The number of carbonyl (C=O) groups is 1. The van der Waals surface area contributed by atoms with E-state index in [-0.39, 0.29) is 30.3 Å². The van der Waals surface area contributed by atoms with E-state index in [2.05, 4.69) is 22.4 Å². The maximum Gasteiger partial charge on any atom is 0.222 e. The molecule has 2 fully saturated rings. The number of hydrogen-bond donors (Lipinski definition) is 6. The van der Waals surface area contributed by atoms with E-state index in [1.165, 1.54) is 11.9 Å². The first-order chi connectivity index (χ1) is 23.4. The number of likely N-dealkylation sites (N-methyl/N-ethyl adjacent to an activating group) is 1. The van der Waals surface area contributed by atoms with E-state index in [4.69, 9.17) is 33.0 Å². The van der Waals surface area contributed by atoms with E-state index in [0.29, 0.717) is 35.5 Å². The fourth-order valence-electron chi connectivity index (χ4n) is 6.17. The second-order valence-electron chi connectivity index (χ2n) is 13.5. The molecule has 0 spiro atoms. The molecule has 2 aliphatic carbocycles. The summed E-state index contributed by atoms with van der Waals surface area (Å²) in [5.74, 6) is 0.680. The van der Waals surface area contributed by atoms with Crippen LogP contribution in [0.4, 0.5) is 0 Å². The Morgan fingerprint density at radius 1 is 1.04 bits per heavy atom. The summed E-state index contributed by atoms with van der Waals surface area (Å²) in [6.07, 6.45) is 3.05. The van der Waals surface area contributed by atoms with Crippen LogP contribution in [0, 0.1) is 0 Å². The van der Waals surface area contributed by atoms with Crippen LogP contribution in [0.5, 0.6) is 5.75 Å². The van der Waals surface area contributed by atoms with Crippen LogP contribution in [-0.4, -0.2) is 92.0 Å². The number of nitrogens with one attached hydrogen (secondary N) is 1. The zero-order valence-electron chi connectivity index (χ0n) is 27.9. The Balaban J connectivity index is 1.16. The highest BCUT2D eigenvalue weighted by Gasteiger charge is 2.46. The second-order valence-corrected chi connectivity index (χ2v) is 14.3. The first kappa shape index (κ1) is 37.5. The fourth-order valence-corrected chi connectivity index (χ4v) is 6.79. The van der Waals surface area contributed by atoms with Gasteiger partial charge in [-0.1, -0.05) is 48.3 Å². The number of amides is 1. The summed E-state index contributed by atoms with van der Waals surface area (Å²) in [5.41, 5.74) is 4.88. The molecule has 5 unspecified atom stereocenters. The number of halogens is 2. The zero-order valence-corrected chi connectivity index (χ0v) is 29.4. The number of aliphatic hydroxyl groups is 5. The number of ether oxygens (including phenoxy) is 1. The third-order valence-corrected chi connectivity index (χ3v) is 10.3. The predicted molar refractivity (Wildman–Crippen MR) is 189 cm³/mol. The Kier molecular flexibility index (Phi) is 12.6. The molecular formula is C37H47Cl2N3O7. The molecule has 0 aliphatic heterocycles. The average Bonchev–Trinajstić information content (AvgIpc) is 4.05. The first-order valence-electron chi connectivity index (χ1n) is 16.9. The SMILES string of the molecule is CC(CCCC(=O)N(C)CC(O)C(O)C(O)C(O)CO)c1cc(Cl)c(CNC2(c3cnccc3-c3ccccc3OC3CC3)CC2)cc1Cl. The summed E-state index contributed by atoms with van der Waals surface area (Å²) in [4.78, 5) is 18.4. The van der Waals surface area contributed by atoms with Gasteiger partial charge in [0, 0.05) is 60.1 Å². The summed E-state index contributed by atoms with van der Waals surface area (Å²) in [5, 5.41) is 53.5. The minimum Gasteiger partial charge on any atom is -0.490 e. The van der Waals surface area contributed by atoms with Crippen LogP contribution in [0.1, 0.15) is 74.5 Å².